The van der Waals surface area contributed by atoms with Crippen LogP contribution in [-0.2, 0) is 12.8 Å². The minimum Gasteiger partial charge on any atom is -0.465 e. The summed E-state index contributed by atoms with van der Waals surface area (Å²) in [5.41, 5.74) is 4.60. The molecule has 2 aromatic heterocycles. The summed E-state index contributed by atoms with van der Waals surface area (Å²) in [4.78, 5) is 15.8. The van der Waals surface area contributed by atoms with E-state index in [0.29, 0.717) is 24.1 Å². The van der Waals surface area contributed by atoms with Crippen LogP contribution in [0.4, 0.5) is 4.79 Å². The molecule has 0 radical (unpaired) electrons. The minimum atomic E-state index is -1.11. The van der Waals surface area contributed by atoms with Gasteiger partial charge in [-0.3, -0.25) is 4.98 Å². The van der Waals surface area contributed by atoms with E-state index in [0.717, 1.165) is 27.8 Å². The van der Waals surface area contributed by atoms with Crippen LogP contribution in [0.5, 0.6) is 0 Å². The molecule has 3 N–H and O–H groups in total. The summed E-state index contributed by atoms with van der Waals surface area (Å²) >= 11 is 0. The zero-order valence-corrected chi connectivity index (χ0v) is 16.2. The van der Waals surface area contributed by atoms with Gasteiger partial charge in [-0.25, -0.2) is 4.79 Å². The first-order valence-electron chi connectivity index (χ1n) is 9.63. The number of rotatable bonds is 7. The first kappa shape index (κ1) is 19.6. The molecular formula is C23H21N3O4. The Kier molecular flexibility index (Phi) is 5.72. The van der Waals surface area contributed by atoms with Crippen LogP contribution in [0, 0.1) is 0 Å². The lowest BCUT2D eigenvalue weighted by Gasteiger charge is -2.20. The number of amides is 1. The fraction of sp³-hybridized carbons (Fsp3) is 0.174. The maximum absolute atomic E-state index is 11.5. The van der Waals surface area contributed by atoms with Gasteiger partial charge in [-0.2, -0.15) is 0 Å². The van der Waals surface area contributed by atoms with Gasteiger partial charge in [-0.15, -0.1) is 0 Å². The third-order valence-corrected chi connectivity index (χ3v) is 4.97. The van der Waals surface area contributed by atoms with E-state index in [-0.39, 0.29) is 6.61 Å². The highest BCUT2D eigenvalue weighted by atomic mass is 16.5. The molecule has 4 aromatic rings. The molecule has 1 amide bonds. The monoisotopic (exact) mass is 403 g/mol. The third-order valence-electron chi connectivity index (χ3n) is 4.97. The number of benzene rings is 2. The van der Waals surface area contributed by atoms with Crippen LogP contribution < -0.4 is 5.32 Å². The summed E-state index contributed by atoms with van der Waals surface area (Å²) in [6, 6.07) is 18.3. The molecule has 2 heterocycles. The number of aromatic nitrogens is 2. The van der Waals surface area contributed by atoms with Crippen LogP contribution in [-0.4, -0.2) is 33.1 Å². The summed E-state index contributed by atoms with van der Waals surface area (Å²) in [6.07, 6.45) is 1.52. The van der Waals surface area contributed by atoms with Crippen LogP contribution >= 0.6 is 0 Å². The standard InChI is InChI=1S/C23H21N3O4/c27-12-10-15-8-9-19-21(13-15)30-26-22(19)18-7-2-1-6-17(18)20(25-23(28)29)14-16-5-3-4-11-24-16/h1-9,11,13,20,25,27H,10,12,14H2,(H,28,29)/t20-/m0/s1. The van der Waals surface area contributed by atoms with Crippen molar-refractivity contribution in [1.29, 1.82) is 0 Å². The number of hydrogen-bond acceptors (Lipinski definition) is 5. The first-order chi connectivity index (χ1) is 14.7. The predicted octanol–water partition coefficient (Wildman–Crippen LogP) is 3.98. The Labute approximate surface area is 173 Å². The molecule has 7 heteroatoms. The zero-order valence-electron chi connectivity index (χ0n) is 16.2. The summed E-state index contributed by atoms with van der Waals surface area (Å²) < 4.78 is 5.54. The molecule has 0 aliphatic heterocycles. The topological polar surface area (TPSA) is 108 Å². The largest absolute Gasteiger partial charge is 0.465 e. The van der Waals surface area contributed by atoms with Gasteiger partial charge in [0.25, 0.3) is 0 Å². The van der Waals surface area contributed by atoms with E-state index in [1.807, 2.05) is 60.7 Å². The van der Waals surface area contributed by atoms with Gasteiger partial charge in [0.05, 0.1) is 6.04 Å². The van der Waals surface area contributed by atoms with E-state index < -0.39 is 12.1 Å². The fourth-order valence-electron chi connectivity index (χ4n) is 3.59. The van der Waals surface area contributed by atoms with Gasteiger partial charge in [0.2, 0.25) is 0 Å². The Morgan fingerprint density at radius 1 is 1.10 bits per heavy atom. The lowest BCUT2D eigenvalue weighted by atomic mass is 9.93. The van der Waals surface area contributed by atoms with Crippen molar-refractivity contribution in [2.75, 3.05) is 6.61 Å². The van der Waals surface area contributed by atoms with Crippen molar-refractivity contribution >= 4 is 17.1 Å². The summed E-state index contributed by atoms with van der Waals surface area (Å²) in [7, 11) is 0. The molecule has 0 aliphatic carbocycles. The second-order valence-electron chi connectivity index (χ2n) is 6.95. The number of hydrogen-bond donors (Lipinski definition) is 3. The van der Waals surface area contributed by atoms with Crippen LogP contribution in [0.1, 0.15) is 22.9 Å². The average Bonchev–Trinajstić information content (AvgIpc) is 3.17. The third kappa shape index (κ3) is 4.16. The Balaban J connectivity index is 1.77. The van der Waals surface area contributed by atoms with E-state index in [2.05, 4.69) is 15.5 Å². The highest BCUT2D eigenvalue weighted by Crippen LogP contribution is 2.34. The van der Waals surface area contributed by atoms with Crippen molar-refractivity contribution in [3.8, 4) is 11.3 Å². The van der Waals surface area contributed by atoms with Gasteiger partial charge in [0.15, 0.2) is 5.58 Å². The van der Waals surface area contributed by atoms with Crippen LogP contribution in [0.3, 0.4) is 0 Å². The van der Waals surface area contributed by atoms with Crippen LogP contribution in [0.25, 0.3) is 22.2 Å². The molecule has 2 aromatic carbocycles. The Bertz CT molecular complexity index is 1160. The molecule has 1 atom stereocenters. The van der Waals surface area contributed by atoms with Crippen LogP contribution in [0.15, 0.2) is 71.4 Å². The lowest BCUT2D eigenvalue weighted by Crippen LogP contribution is -2.29. The van der Waals surface area contributed by atoms with Gasteiger partial charge in [0.1, 0.15) is 5.69 Å². The summed E-state index contributed by atoms with van der Waals surface area (Å²) in [5.74, 6) is 0. The number of aliphatic hydroxyl groups excluding tert-OH is 1. The lowest BCUT2D eigenvalue weighted by molar-refractivity contribution is 0.189. The van der Waals surface area contributed by atoms with Gasteiger partial charge >= 0.3 is 6.09 Å². The molecule has 0 saturated carbocycles. The second-order valence-corrected chi connectivity index (χ2v) is 6.95. The Morgan fingerprint density at radius 3 is 2.70 bits per heavy atom. The van der Waals surface area contributed by atoms with E-state index in [4.69, 9.17) is 9.63 Å². The number of carboxylic acid groups (broad SMARTS) is 1. The molecule has 7 nitrogen and oxygen atoms in total. The minimum absolute atomic E-state index is 0.0609. The molecule has 4 rings (SSSR count). The van der Waals surface area contributed by atoms with Gasteiger partial charge < -0.3 is 20.1 Å². The SMILES string of the molecule is O=C(O)N[C@@H](Cc1ccccn1)c1ccccc1-c1noc2cc(CCO)ccc12. The molecule has 0 bridgehead atoms. The zero-order chi connectivity index (χ0) is 20.9. The van der Waals surface area contributed by atoms with E-state index >= 15 is 0 Å². The summed E-state index contributed by atoms with van der Waals surface area (Å²) in [5, 5.41) is 26.3. The highest BCUT2D eigenvalue weighted by molar-refractivity contribution is 5.92. The summed E-state index contributed by atoms with van der Waals surface area (Å²) in [6.45, 7) is 0.0609. The maximum Gasteiger partial charge on any atom is 0.405 e. The second kappa shape index (κ2) is 8.75. The Morgan fingerprint density at radius 2 is 1.93 bits per heavy atom. The van der Waals surface area contributed by atoms with Crippen molar-refractivity contribution in [2.45, 2.75) is 18.9 Å². The van der Waals surface area contributed by atoms with Crippen molar-refractivity contribution in [3.63, 3.8) is 0 Å². The molecule has 0 spiro atoms. The van der Waals surface area contributed by atoms with Crippen molar-refractivity contribution < 1.29 is 19.5 Å². The quantitative estimate of drug-likeness (QED) is 0.431. The number of fused-ring (bicyclic) bond motifs is 1. The van der Waals surface area contributed by atoms with E-state index in [1.165, 1.54) is 0 Å². The molecule has 152 valence electrons. The fourth-order valence-corrected chi connectivity index (χ4v) is 3.59. The molecular weight excluding hydrogens is 382 g/mol. The molecule has 0 fully saturated rings. The molecule has 0 saturated heterocycles. The average molecular weight is 403 g/mol. The number of carbonyl (C=O) groups is 1. The molecule has 0 unspecified atom stereocenters. The van der Waals surface area contributed by atoms with E-state index in [9.17, 15) is 9.90 Å². The molecule has 30 heavy (non-hydrogen) atoms. The van der Waals surface area contributed by atoms with Crippen LogP contribution in [0.2, 0.25) is 0 Å². The first-order valence-corrected chi connectivity index (χ1v) is 9.63. The number of nitrogens with one attached hydrogen (secondary N) is 1. The van der Waals surface area contributed by atoms with E-state index in [1.54, 1.807) is 6.20 Å². The van der Waals surface area contributed by atoms with Gasteiger partial charge in [-0.1, -0.05) is 41.6 Å². The molecule has 0 aliphatic rings. The smallest absolute Gasteiger partial charge is 0.405 e. The predicted molar refractivity (Wildman–Crippen MR) is 112 cm³/mol. The Hall–Kier alpha value is -3.71. The van der Waals surface area contributed by atoms with Crippen molar-refractivity contribution in [3.05, 3.63) is 83.7 Å². The number of aliphatic hydroxyl groups is 1. The highest BCUT2D eigenvalue weighted by Gasteiger charge is 2.22. The maximum atomic E-state index is 11.5. The number of nitrogens with zero attached hydrogens (tertiary/aromatic N) is 2. The normalized spacial score (nSPS) is 12.0. The van der Waals surface area contributed by atoms with Gasteiger partial charge in [-0.05, 0) is 41.8 Å². The van der Waals surface area contributed by atoms with Crippen molar-refractivity contribution in [1.82, 2.24) is 15.5 Å². The number of pyridine rings is 1. The van der Waals surface area contributed by atoms with Gasteiger partial charge in [0, 0.05) is 35.9 Å². The van der Waals surface area contributed by atoms with Crippen molar-refractivity contribution in [2.24, 2.45) is 0 Å².